The van der Waals surface area contributed by atoms with Gasteiger partial charge in [-0.15, -0.1) is 23.1 Å². The van der Waals surface area contributed by atoms with E-state index in [1.54, 1.807) is 34.2 Å². The van der Waals surface area contributed by atoms with Gasteiger partial charge in [-0.1, -0.05) is 0 Å². The summed E-state index contributed by atoms with van der Waals surface area (Å²) in [6, 6.07) is 4.72. The molecule has 2 fully saturated rings. The molecule has 2 unspecified atom stereocenters. The monoisotopic (exact) mass is 402 g/mol. The van der Waals surface area contributed by atoms with Crippen LogP contribution in [0.5, 0.6) is 0 Å². The fraction of sp³-hybridized carbons (Fsp3) is 0.389. The average molecular weight is 403 g/mol. The van der Waals surface area contributed by atoms with Crippen LogP contribution in [0, 0.1) is 0 Å². The molecule has 4 heterocycles. The molecule has 0 spiro atoms. The average Bonchev–Trinajstić information content (AvgIpc) is 3.38. The van der Waals surface area contributed by atoms with E-state index in [2.05, 4.69) is 16.0 Å². The summed E-state index contributed by atoms with van der Waals surface area (Å²) in [6.45, 7) is 1.25. The van der Waals surface area contributed by atoms with E-state index in [4.69, 9.17) is 9.40 Å². The summed E-state index contributed by atoms with van der Waals surface area (Å²) >= 11 is 3.24. The highest BCUT2D eigenvalue weighted by atomic mass is 32.2. The van der Waals surface area contributed by atoms with Gasteiger partial charge >= 0.3 is 6.09 Å². The van der Waals surface area contributed by atoms with Gasteiger partial charge in [0.1, 0.15) is 10.5 Å². The summed E-state index contributed by atoms with van der Waals surface area (Å²) in [6.07, 6.45) is 4.80. The summed E-state index contributed by atoms with van der Waals surface area (Å²) in [5, 5.41) is 12.3. The lowest BCUT2D eigenvalue weighted by Crippen LogP contribution is -2.55. The van der Waals surface area contributed by atoms with Crippen LogP contribution in [-0.4, -0.2) is 57.5 Å². The second kappa shape index (κ2) is 6.42. The van der Waals surface area contributed by atoms with Gasteiger partial charge in [-0.05, 0) is 31.2 Å². The van der Waals surface area contributed by atoms with E-state index in [1.807, 2.05) is 17.7 Å². The Labute approximate surface area is 164 Å². The Morgan fingerprint density at radius 2 is 2.11 bits per heavy atom. The zero-order valence-electron chi connectivity index (χ0n) is 14.7. The smallest absolute Gasteiger partial charge is 0.407 e. The highest BCUT2D eigenvalue weighted by Gasteiger charge is 2.43. The van der Waals surface area contributed by atoms with Crippen molar-refractivity contribution in [3.63, 3.8) is 0 Å². The van der Waals surface area contributed by atoms with Gasteiger partial charge in [-0.25, -0.2) is 9.78 Å². The van der Waals surface area contributed by atoms with E-state index in [-0.39, 0.29) is 12.1 Å². The van der Waals surface area contributed by atoms with Crippen LogP contribution < -0.4 is 4.90 Å². The maximum atomic E-state index is 11.5. The lowest BCUT2D eigenvalue weighted by molar-refractivity contribution is 0.114. The van der Waals surface area contributed by atoms with Crippen molar-refractivity contribution < 1.29 is 14.3 Å². The van der Waals surface area contributed by atoms with E-state index in [0.717, 1.165) is 39.4 Å². The number of thiazole rings is 1. The first-order valence-corrected chi connectivity index (χ1v) is 10.9. The number of rotatable bonds is 3. The molecule has 2 aliphatic heterocycles. The number of fused-ring (bicyclic) bond motifs is 3. The number of thioether (sulfide) groups is 1. The number of carboxylic acid groups (broad SMARTS) is 1. The predicted molar refractivity (Wildman–Crippen MR) is 106 cm³/mol. The minimum atomic E-state index is -0.824. The van der Waals surface area contributed by atoms with Crippen molar-refractivity contribution >= 4 is 46.3 Å². The van der Waals surface area contributed by atoms with Crippen LogP contribution in [0.25, 0.3) is 21.7 Å². The third-order valence-electron chi connectivity index (χ3n) is 5.32. The third kappa shape index (κ3) is 2.76. The van der Waals surface area contributed by atoms with Gasteiger partial charge < -0.3 is 14.4 Å². The van der Waals surface area contributed by atoms with Gasteiger partial charge in [-0.2, -0.15) is 4.98 Å². The molecule has 2 aromatic heterocycles. The third-order valence-corrected chi connectivity index (χ3v) is 6.84. The summed E-state index contributed by atoms with van der Waals surface area (Å²) in [5.74, 6) is 0. The Balaban J connectivity index is 1.54. The number of hydrogen-bond donors (Lipinski definition) is 1. The number of carbonyl (C=O) groups is 1. The number of aromatic nitrogens is 2. The molecule has 2 aliphatic rings. The van der Waals surface area contributed by atoms with Gasteiger partial charge in [-0.3, -0.25) is 4.90 Å². The van der Waals surface area contributed by atoms with E-state index >= 15 is 0 Å². The van der Waals surface area contributed by atoms with E-state index < -0.39 is 6.09 Å². The lowest BCUT2D eigenvalue weighted by Gasteiger charge is -2.38. The first kappa shape index (κ1) is 16.9. The Bertz CT molecular complexity index is 990. The molecule has 0 aliphatic carbocycles. The molecular formula is C18H18N4O3S2. The van der Waals surface area contributed by atoms with Crippen LogP contribution in [0.2, 0.25) is 0 Å². The van der Waals surface area contributed by atoms with Crippen molar-refractivity contribution in [2.45, 2.75) is 29.8 Å². The number of amides is 1. The number of piperazine rings is 1. The van der Waals surface area contributed by atoms with Crippen molar-refractivity contribution in [1.82, 2.24) is 14.9 Å². The Kier molecular flexibility index (Phi) is 4.01. The highest BCUT2D eigenvalue weighted by molar-refractivity contribution is 7.98. The summed E-state index contributed by atoms with van der Waals surface area (Å²) in [7, 11) is 0. The van der Waals surface area contributed by atoms with Crippen LogP contribution in [0.1, 0.15) is 12.8 Å². The molecule has 0 radical (unpaired) electrons. The predicted octanol–water partition coefficient (Wildman–Crippen LogP) is 4.00. The van der Waals surface area contributed by atoms with Crippen LogP contribution in [0.4, 0.5) is 10.8 Å². The van der Waals surface area contributed by atoms with Crippen molar-refractivity contribution in [2.24, 2.45) is 0 Å². The number of nitrogens with zero attached hydrogens (tertiary/aromatic N) is 4. The molecule has 5 rings (SSSR count). The summed E-state index contributed by atoms with van der Waals surface area (Å²) in [4.78, 5) is 25.5. The van der Waals surface area contributed by atoms with Crippen molar-refractivity contribution in [2.75, 3.05) is 24.2 Å². The van der Waals surface area contributed by atoms with Crippen LogP contribution in [0.3, 0.4) is 0 Å². The summed E-state index contributed by atoms with van der Waals surface area (Å²) < 4.78 is 6.19. The van der Waals surface area contributed by atoms with Crippen LogP contribution in [0.15, 0.2) is 33.0 Å². The molecule has 2 saturated heterocycles. The molecule has 140 valence electrons. The van der Waals surface area contributed by atoms with Gasteiger partial charge in [0.15, 0.2) is 5.58 Å². The van der Waals surface area contributed by atoms with E-state index in [1.165, 1.54) is 0 Å². The molecule has 1 amide bonds. The Morgan fingerprint density at radius 1 is 1.33 bits per heavy atom. The Morgan fingerprint density at radius 3 is 2.74 bits per heavy atom. The van der Waals surface area contributed by atoms with E-state index in [9.17, 15) is 9.90 Å². The quantitative estimate of drug-likeness (QED) is 0.663. The topological polar surface area (TPSA) is 82.7 Å². The minimum Gasteiger partial charge on any atom is -0.465 e. The maximum absolute atomic E-state index is 11.5. The lowest BCUT2D eigenvalue weighted by atomic mass is 10.2. The van der Waals surface area contributed by atoms with Gasteiger partial charge in [0, 0.05) is 29.6 Å². The normalized spacial score (nSPS) is 22.0. The molecule has 3 aromatic rings. The number of hydrogen-bond acceptors (Lipinski definition) is 7. The molecule has 27 heavy (non-hydrogen) atoms. The largest absolute Gasteiger partial charge is 0.465 e. The minimum absolute atomic E-state index is 0.0106. The van der Waals surface area contributed by atoms with Crippen LogP contribution >= 0.6 is 23.1 Å². The van der Waals surface area contributed by atoms with E-state index in [0.29, 0.717) is 19.1 Å². The zero-order chi connectivity index (χ0) is 18.5. The number of benzene rings is 1. The number of oxazole rings is 1. The van der Waals surface area contributed by atoms with Gasteiger partial charge in [0.25, 0.3) is 6.01 Å². The molecule has 0 saturated carbocycles. The van der Waals surface area contributed by atoms with Crippen molar-refractivity contribution in [1.29, 1.82) is 0 Å². The second-order valence-corrected chi connectivity index (χ2v) is 8.61. The second-order valence-electron chi connectivity index (χ2n) is 6.84. The summed E-state index contributed by atoms with van der Waals surface area (Å²) in [5.41, 5.74) is 2.51. The van der Waals surface area contributed by atoms with Crippen molar-refractivity contribution in [3.05, 3.63) is 23.7 Å². The molecular weight excluding hydrogens is 384 g/mol. The standard InChI is InChI=1S/C18H18N4O3S2/c1-26-12-6-13(16-19-4-5-27-16)15-14(7-12)20-17(25-15)21-8-10-2-3-11(9-21)22(10)18(23)24/h4-7,10-11H,2-3,8-9H2,1H3,(H,23,24). The maximum Gasteiger partial charge on any atom is 0.407 e. The Hall–Kier alpha value is -2.26. The highest BCUT2D eigenvalue weighted by Crippen LogP contribution is 2.38. The molecule has 2 atom stereocenters. The van der Waals surface area contributed by atoms with Gasteiger partial charge in [0.05, 0.1) is 17.6 Å². The molecule has 7 nitrogen and oxygen atoms in total. The molecule has 1 N–H and O–H groups in total. The zero-order valence-corrected chi connectivity index (χ0v) is 16.3. The van der Waals surface area contributed by atoms with Gasteiger partial charge in [0.2, 0.25) is 0 Å². The van der Waals surface area contributed by atoms with Crippen LogP contribution in [-0.2, 0) is 0 Å². The fourth-order valence-corrected chi connectivity index (χ4v) is 5.25. The number of anilines is 1. The first-order chi connectivity index (χ1) is 13.1. The van der Waals surface area contributed by atoms with Crippen molar-refractivity contribution in [3.8, 4) is 10.6 Å². The molecule has 2 bridgehead atoms. The first-order valence-electron chi connectivity index (χ1n) is 8.78. The molecule has 1 aromatic carbocycles. The fourth-order valence-electron chi connectivity index (χ4n) is 4.14. The molecule has 9 heteroatoms. The SMILES string of the molecule is CSc1cc(-c2nccs2)c2oc(N3CC4CCC(C3)N4C(=O)O)nc2c1.